The van der Waals surface area contributed by atoms with Crippen LogP contribution in [0.15, 0.2) is 17.2 Å². The van der Waals surface area contributed by atoms with Gasteiger partial charge in [0, 0.05) is 19.2 Å². The summed E-state index contributed by atoms with van der Waals surface area (Å²) in [5.74, 6) is 0.646. The number of aliphatic hydroxyl groups is 1. The molecule has 5 heteroatoms. The van der Waals surface area contributed by atoms with Gasteiger partial charge in [-0.2, -0.15) is 0 Å². The predicted octanol–water partition coefficient (Wildman–Crippen LogP) is -0.269. The van der Waals surface area contributed by atoms with Crippen LogP contribution in [0.1, 0.15) is 12.8 Å². The van der Waals surface area contributed by atoms with Gasteiger partial charge in [0.2, 0.25) is 0 Å². The van der Waals surface area contributed by atoms with Crippen LogP contribution in [-0.2, 0) is 0 Å². The summed E-state index contributed by atoms with van der Waals surface area (Å²) in [4.78, 5) is 19.5. The number of nitrogens with zero attached hydrogens (tertiary/aromatic N) is 2. The molecule has 1 aromatic heterocycles. The van der Waals surface area contributed by atoms with Crippen LogP contribution in [-0.4, -0.2) is 34.3 Å². The lowest BCUT2D eigenvalue weighted by molar-refractivity contribution is 0.154. The minimum Gasteiger partial charge on any atom is -0.391 e. The second kappa shape index (κ2) is 3.79. The molecular weight excluding hydrogens is 182 g/mol. The van der Waals surface area contributed by atoms with Gasteiger partial charge >= 0.3 is 0 Å². The van der Waals surface area contributed by atoms with E-state index >= 15 is 0 Å². The largest absolute Gasteiger partial charge is 0.391 e. The summed E-state index contributed by atoms with van der Waals surface area (Å²) in [6, 6.07) is 1.46. The monoisotopic (exact) mass is 195 g/mol. The van der Waals surface area contributed by atoms with E-state index in [1.807, 2.05) is 4.90 Å². The fraction of sp³-hybridized carbons (Fsp3) is 0.556. The van der Waals surface area contributed by atoms with Crippen LogP contribution in [0, 0.1) is 0 Å². The van der Waals surface area contributed by atoms with Crippen LogP contribution in [0.3, 0.4) is 0 Å². The number of aromatic amines is 1. The summed E-state index contributed by atoms with van der Waals surface area (Å²) in [5.41, 5.74) is -0.157. The van der Waals surface area contributed by atoms with Gasteiger partial charge in [-0.05, 0) is 12.8 Å². The van der Waals surface area contributed by atoms with Gasteiger partial charge in [-0.3, -0.25) is 4.79 Å². The van der Waals surface area contributed by atoms with Crippen molar-refractivity contribution in [2.45, 2.75) is 18.9 Å². The van der Waals surface area contributed by atoms with Gasteiger partial charge < -0.3 is 15.0 Å². The Balaban J connectivity index is 2.18. The number of hydrogen-bond acceptors (Lipinski definition) is 4. The molecule has 0 aliphatic carbocycles. The van der Waals surface area contributed by atoms with Crippen molar-refractivity contribution in [1.82, 2.24) is 9.97 Å². The van der Waals surface area contributed by atoms with Gasteiger partial charge in [-0.25, -0.2) is 4.98 Å². The standard InChI is InChI=1S/C9H13N3O2/c13-7-2-1-3-12(5-7)8-4-9(14)11-6-10-8/h4,6-7,13H,1-3,5H2,(H,10,11,14)/t7-/m0/s1. The predicted molar refractivity (Wildman–Crippen MR) is 52.3 cm³/mol. The van der Waals surface area contributed by atoms with Crippen LogP contribution < -0.4 is 10.5 Å². The van der Waals surface area contributed by atoms with Gasteiger partial charge in [0.15, 0.2) is 0 Å². The van der Waals surface area contributed by atoms with Crippen molar-refractivity contribution in [3.8, 4) is 0 Å². The minimum absolute atomic E-state index is 0.157. The maximum absolute atomic E-state index is 11.0. The molecule has 2 heterocycles. The molecule has 0 amide bonds. The lowest BCUT2D eigenvalue weighted by Crippen LogP contribution is -2.39. The van der Waals surface area contributed by atoms with E-state index in [9.17, 15) is 9.90 Å². The number of nitrogens with one attached hydrogen (secondary N) is 1. The molecule has 76 valence electrons. The molecule has 1 fully saturated rings. The molecule has 2 rings (SSSR count). The Hall–Kier alpha value is -1.36. The Bertz CT molecular complexity index is 363. The number of H-pyrrole nitrogens is 1. The van der Waals surface area contributed by atoms with Gasteiger partial charge in [-0.15, -0.1) is 0 Å². The highest BCUT2D eigenvalue weighted by atomic mass is 16.3. The van der Waals surface area contributed by atoms with E-state index in [2.05, 4.69) is 9.97 Å². The molecule has 0 unspecified atom stereocenters. The molecule has 0 radical (unpaired) electrons. The van der Waals surface area contributed by atoms with E-state index < -0.39 is 0 Å². The summed E-state index contributed by atoms with van der Waals surface area (Å²) < 4.78 is 0. The Kier molecular flexibility index (Phi) is 2.49. The van der Waals surface area contributed by atoms with E-state index in [1.165, 1.54) is 12.4 Å². The van der Waals surface area contributed by atoms with Crippen molar-refractivity contribution >= 4 is 5.82 Å². The summed E-state index contributed by atoms with van der Waals surface area (Å²) in [5, 5.41) is 9.45. The molecule has 2 N–H and O–H groups in total. The third-order valence-electron chi connectivity index (χ3n) is 2.38. The highest BCUT2D eigenvalue weighted by Gasteiger charge is 2.18. The maximum atomic E-state index is 11.0. The number of β-amino-alcohol motifs (C(OH)–C–C–N with tert-alkyl or cyclic N) is 1. The molecule has 5 nitrogen and oxygen atoms in total. The quantitative estimate of drug-likeness (QED) is 0.647. The molecular formula is C9H13N3O2. The second-order valence-electron chi connectivity index (χ2n) is 3.51. The number of aliphatic hydroxyl groups excluding tert-OH is 1. The van der Waals surface area contributed by atoms with E-state index in [1.54, 1.807) is 0 Å². The summed E-state index contributed by atoms with van der Waals surface area (Å²) in [6.07, 6.45) is 2.86. The van der Waals surface area contributed by atoms with Crippen molar-refractivity contribution in [1.29, 1.82) is 0 Å². The van der Waals surface area contributed by atoms with E-state index in [0.717, 1.165) is 19.4 Å². The second-order valence-corrected chi connectivity index (χ2v) is 3.51. The molecule has 0 saturated carbocycles. The molecule has 1 aliphatic rings. The molecule has 1 atom stereocenters. The van der Waals surface area contributed by atoms with Crippen LogP contribution in [0.25, 0.3) is 0 Å². The van der Waals surface area contributed by atoms with Gasteiger partial charge in [0.05, 0.1) is 12.4 Å². The van der Waals surface area contributed by atoms with E-state index in [0.29, 0.717) is 12.4 Å². The first-order valence-corrected chi connectivity index (χ1v) is 4.73. The first kappa shape index (κ1) is 9.21. The van der Waals surface area contributed by atoms with Crippen LogP contribution in [0.5, 0.6) is 0 Å². The Morgan fingerprint density at radius 2 is 2.50 bits per heavy atom. The first-order valence-electron chi connectivity index (χ1n) is 4.73. The Morgan fingerprint density at radius 3 is 3.21 bits per heavy atom. The van der Waals surface area contributed by atoms with Crippen LogP contribution in [0.4, 0.5) is 5.82 Å². The van der Waals surface area contributed by atoms with Gasteiger partial charge in [-0.1, -0.05) is 0 Å². The number of anilines is 1. The number of piperidine rings is 1. The SMILES string of the molecule is O=c1cc(N2CCC[C@H](O)C2)nc[nH]1. The maximum Gasteiger partial charge on any atom is 0.252 e. The zero-order chi connectivity index (χ0) is 9.97. The van der Waals surface area contributed by atoms with E-state index in [-0.39, 0.29) is 11.7 Å². The topological polar surface area (TPSA) is 69.2 Å². The number of hydrogen-bond donors (Lipinski definition) is 2. The van der Waals surface area contributed by atoms with Crippen molar-refractivity contribution < 1.29 is 5.11 Å². The lowest BCUT2D eigenvalue weighted by atomic mass is 10.1. The van der Waals surface area contributed by atoms with Gasteiger partial charge in [0.25, 0.3) is 5.56 Å². The smallest absolute Gasteiger partial charge is 0.252 e. The van der Waals surface area contributed by atoms with Crippen molar-refractivity contribution in [3.05, 3.63) is 22.7 Å². The van der Waals surface area contributed by atoms with Crippen molar-refractivity contribution in [2.75, 3.05) is 18.0 Å². The van der Waals surface area contributed by atoms with Crippen molar-refractivity contribution in [2.24, 2.45) is 0 Å². The molecule has 1 saturated heterocycles. The highest BCUT2D eigenvalue weighted by Crippen LogP contribution is 2.15. The average Bonchev–Trinajstić information content (AvgIpc) is 2.18. The molecule has 0 aromatic carbocycles. The van der Waals surface area contributed by atoms with E-state index in [4.69, 9.17) is 0 Å². The molecule has 1 aromatic rings. The van der Waals surface area contributed by atoms with Crippen molar-refractivity contribution in [3.63, 3.8) is 0 Å². The molecule has 1 aliphatic heterocycles. The average molecular weight is 195 g/mol. The number of rotatable bonds is 1. The van der Waals surface area contributed by atoms with Gasteiger partial charge in [0.1, 0.15) is 5.82 Å². The molecule has 0 spiro atoms. The fourth-order valence-corrected chi connectivity index (χ4v) is 1.69. The lowest BCUT2D eigenvalue weighted by Gasteiger charge is -2.30. The third-order valence-corrected chi connectivity index (χ3v) is 2.38. The number of aromatic nitrogens is 2. The van der Waals surface area contributed by atoms with Crippen LogP contribution in [0.2, 0.25) is 0 Å². The fourth-order valence-electron chi connectivity index (χ4n) is 1.69. The normalized spacial score (nSPS) is 22.4. The third kappa shape index (κ3) is 1.93. The minimum atomic E-state index is -0.301. The zero-order valence-electron chi connectivity index (χ0n) is 7.81. The Labute approximate surface area is 81.4 Å². The molecule has 0 bridgehead atoms. The summed E-state index contributed by atoms with van der Waals surface area (Å²) >= 11 is 0. The highest BCUT2D eigenvalue weighted by molar-refractivity contribution is 5.37. The Morgan fingerprint density at radius 1 is 1.64 bits per heavy atom. The molecule has 14 heavy (non-hydrogen) atoms. The summed E-state index contributed by atoms with van der Waals surface area (Å²) in [6.45, 7) is 1.42. The summed E-state index contributed by atoms with van der Waals surface area (Å²) in [7, 11) is 0. The zero-order valence-corrected chi connectivity index (χ0v) is 7.81. The first-order chi connectivity index (χ1) is 6.75. The van der Waals surface area contributed by atoms with Crippen LogP contribution >= 0.6 is 0 Å².